The van der Waals surface area contributed by atoms with Crippen LogP contribution < -0.4 is 4.80 Å². The van der Waals surface area contributed by atoms with Crippen molar-refractivity contribution in [1.82, 2.24) is 9.47 Å². The number of amides is 2. The van der Waals surface area contributed by atoms with E-state index in [0.29, 0.717) is 60.0 Å². The largest absolute Gasteiger partial charge is 0.466 e. The minimum atomic E-state index is -0.351. The molecule has 182 valence electrons. The van der Waals surface area contributed by atoms with Gasteiger partial charge in [0.1, 0.15) is 0 Å². The highest BCUT2D eigenvalue weighted by molar-refractivity contribution is 7.07. The summed E-state index contributed by atoms with van der Waals surface area (Å²) in [4.78, 5) is 44.0. The van der Waals surface area contributed by atoms with Crippen LogP contribution in [0.25, 0.3) is 0 Å². The molecule has 0 spiro atoms. The van der Waals surface area contributed by atoms with E-state index < -0.39 is 0 Å². The minimum Gasteiger partial charge on any atom is -0.466 e. The third kappa shape index (κ3) is 6.26. The van der Waals surface area contributed by atoms with E-state index in [-0.39, 0.29) is 23.7 Å². The predicted molar refractivity (Wildman–Crippen MR) is 134 cm³/mol. The molecule has 2 amide bonds. The monoisotopic (exact) mass is 511 g/mol. The molecule has 35 heavy (non-hydrogen) atoms. The number of ether oxygens (including phenoxy) is 1. The fourth-order valence-electron chi connectivity index (χ4n) is 3.99. The van der Waals surface area contributed by atoms with Crippen LogP contribution >= 0.6 is 22.9 Å². The van der Waals surface area contributed by atoms with E-state index in [9.17, 15) is 14.4 Å². The Kier molecular flexibility index (Phi) is 8.15. The summed E-state index contributed by atoms with van der Waals surface area (Å²) in [5, 5.41) is 2.37. The zero-order valence-corrected chi connectivity index (χ0v) is 20.9. The normalized spacial score (nSPS) is 14.7. The third-order valence-electron chi connectivity index (χ3n) is 5.88. The first-order chi connectivity index (χ1) is 16.9. The van der Waals surface area contributed by atoms with Crippen molar-refractivity contribution >= 4 is 40.7 Å². The number of piperidine rings is 1. The Morgan fingerprint density at radius 1 is 1.09 bits per heavy atom. The Bertz CT molecular complexity index is 1270. The number of aromatic nitrogens is 1. The lowest BCUT2D eigenvalue weighted by molar-refractivity contribution is -0.149. The molecule has 0 saturated carbocycles. The molecule has 7 nitrogen and oxygen atoms in total. The quantitative estimate of drug-likeness (QED) is 0.459. The molecule has 4 rings (SSSR count). The number of rotatable bonds is 6. The second-order valence-electron chi connectivity index (χ2n) is 8.26. The molecule has 0 radical (unpaired) electrons. The first-order valence-electron chi connectivity index (χ1n) is 11.5. The first-order valence-corrected chi connectivity index (χ1v) is 12.7. The van der Waals surface area contributed by atoms with Gasteiger partial charge in [-0.1, -0.05) is 29.8 Å². The summed E-state index contributed by atoms with van der Waals surface area (Å²) in [6.07, 6.45) is 3.12. The van der Waals surface area contributed by atoms with Crippen molar-refractivity contribution in [3.05, 3.63) is 86.6 Å². The van der Waals surface area contributed by atoms with E-state index in [1.807, 2.05) is 40.4 Å². The van der Waals surface area contributed by atoms with Gasteiger partial charge in [-0.25, -0.2) is 0 Å². The summed E-state index contributed by atoms with van der Waals surface area (Å²) in [5.41, 5.74) is 2.03. The number of benzene rings is 2. The van der Waals surface area contributed by atoms with Crippen molar-refractivity contribution in [2.45, 2.75) is 26.3 Å². The lowest BCUT2D eigenvalue weighted by atomic mass is 9.96. The van der Waals surface area contributed by atoms with Crippen molar-refractivity contribution < 1.29 is 19.1 Å². The van der Waals surface area contributed by atoms with Gasteiger partial charge in [0.2, 0.25) is 0 Å². The molecule has 1 aliphatic rings. The van der Waals surface area contributed by atoms with Crippen LogP contribution in [0.4, 0.5) is 0 Å². The van der Waals surface area contributed by atoms with Crippen LogP contribution in [0.1, 0.15) is 46.0 Å². The van der Waals surface area contributed by atoms with Crippen molar-refractivity contribution in [3.8, 4) is 0 Å². The first kappa shape index (κ1) is 24.9. The average Bonchev–Trinajstić information content (AvgIpc) is 3.30. The van der Waals surface area contributed by atoms with Gasteiger partial charge in [-0.15, -0.1) is 11.3 Å². The number of thiazole rings is 1. The van der Waals surface area contributed by atoms with Crippen molar-refractivity contribution in [3.63, 3.8) is 0 Å². The SMILES string of the molecule is CCOC(=O)C1CCN(C(=O)c2ccc(Cn3ccsc3=NC(=O)c3cccc(Cl)c3)cc2)CC1. The van der Waals surface area contributed by atoms with Crippen LogP contribution in [-0.4, -0.2) is 46.9 Å². The molecule has 0 unspecified atom stereocenters. The number of hydrogen-bond acceptors (Lipinski definition) is 5. The van der Waals surface area contributed by atoms with Gasteiger partial charge in [0, 0.05) is 47.4 Å². The van der Waals surface area contributed by atoms with E-state index in [0.717, 1.165) is 5.56 Å². The van der Waals surface area contributed by atoms with Crippen LogP contribution in [-0.2, 0) is 16.1 Å². The summed E-state index contributed by atoms with van der Waals surface area (Å²) in [6.45, 7) is 3.78. The Morgan fingerprint density at radius 2 is 1.83 bits per heavy atom. The van der Waals surface area contributed by atoms with E-state index in [2.05, 4.69) is 4.99 Å². The molecule has 1 fully saturated rings. The lowest BCUT2D eigenvalue weighted by Crippen LogP contribution is -2.40. The van der Waals surface area contributed by atoms with E-state index in [4.69, 9.17) is 16.3 Å². The molecule has 2 aromatic carbocycles. The van der Waals surface area contributed by atoms with Gasteiger partial charge in [-0.05, 0) is 55.7 Å². The number of likely N-dealkylation sites (tertiary alicyclic amines) is 1. The Hall–Kier alpha value is -3.23. The Balaban J connectivity index is 1.39. The molecule has 1 aromatic heterocycles. The molecule has 0 aliphatic carbocycles. The Morgan fingerprint density at radius 3 is 2.51 bits per heavy atom. The second-order valence-corrected chi connectivity index (χ2v) is 9.57. The molecule has 9 heteroatoms. The maximum absolute atomic E-state index is 12.9. The zero-order chi connectivity index (χ0) is 24.8. The van der Waals surface area contributed by atoms with E-state index >= 15 is 0 Å². The fraction of sp³-hybridized carbons (Fsp3) is 0.308. The van der Waals surface area contributed by atoms with E-state index in [1.54, 1.807) is 36.1 Å². The maximum Gasteiger partial charge on any atom is 0.309 e. The highest BCUT2D eigenvalue weighted by Gasteiger charge is 2.28. The Labute approximate surface area is 212 Å². The van der Waals surface area contributed by atoms with Crippen LogP contribution in [0.15, 0.2) is 65.1 Å². The number of halogens is 1. The van der Waals surface area contributed by atoms with Crippen LogP contribution in [0.5, 0.6) is 0 Å². The molecule has 2 heterocycles. The number of esters is 1. The summed E-state index contributed by atoms with van der Waals surface area (Å²) in [5.74, 6) is -0.689. The van der Waals surface area contributed by atoms with Crippen LogP contribution in [0.2, 0.25) is 5.02 Å². The maximum atomic E-state index is 12.9. The van der Waals surface area contributed by atoms with Crippen LogP contribution in [0.3, 0.4) is 0 Å². The number of nitrogens with zero attached hydrogens (tertiary/aromatic N) is 3. The van der Waals surface area contributed by atoms with Crippen molar-refractivity contribution in [2.75, 3.05) is 19.7 Å². The predicted octanol–water partition coefficient (Wildman–Crippen LogP) is 4.41. The number of hydrogen-bond donors (Lipinski definition) is 0. The van der Waals surface area contributed by atoms with E-state index in [1.165, 1.54) is 11.3 Å². The minimum absolute atomic E-state index is 0.0372. The van der Waals surface area contributed by atoms with Gasteiger partial charge in [0.15, 0.2) is 4.80 Å². The third-order valence-corrected chi connectivity index (χ3v) is 6.91. The van der Waals surface area contributed by atoms with Crippen molar-refractivity contribution in [1.29, 1.82) is 0 Å². The molecule has 1 saturated heterocycles. The standard InChI is InChI=1S/C26H26ClN3O4S/c1-2-34-25(33)20-10-12-29(13-11-20)24(32)19-8-6-18(7-9-19)17-30-14-15-35-26(30)28-23(31)21-4-3-5-22(27)16-21/h3-9,14-16,20H,2,10-13,17H2,1H3. The van der Waals surface area contributed by atoms with Crippen molar-refractivity contribution in [2.24, 2.45) is 10.9 Å². The highest BCUT2D eigenvalue weighted by Crippen LogP contribution is 2.21. The highest BCUT2D eigenvalue weighted by atomic mass is 35.5. The van der Waals surface area contributed by atoms with Gasteiger partial charge in [0.25, 0.3) is 11.8 Å². The molecule has 0 atom stereocenters. The lowest BCUT2D eigenvalue weighted by Gasteiger charge is -2.31. The summed E-state index contributed by atoms with van der Waals surface area (Å²) in [6, 6.07) is 14.2. The number of carbonyl (C=O) groups excluding carboxylic acids is 3. The summed E-state index contributed by atoms with van der Waals surface area (Å²) >= 11 is 7.36. The molecule has 1 aliphatic heterocycles. The molecular weight excluding hydrogens is 486 g/mol. The average molecular weight is 512 g/mol. The summed E-state index contributed by atoms with van der Waals surface area (Å²) < 4.78 is 6.99. The summed E-state index contributed by atoms with van der Waals surface area (Å²) in [7, 11) is 0. The van der Waals surface area contributed by atoms with Crippen LogP contribution in [0, 0.1) is 5.92 Å². The fourth-order valence-corrected chi connectivity index (χ4v) is 4.91. The molecule has 3 aromatic rings. The smallest absolute Gasteiger partial charge is 0.309 e. The topological polar surface area (TPSA) is 81.0 Å². The van der Waals surface area contributed by atoms with Gasteiger partial charge in [0.05, 0.1) is 12.5 Å². The van der Waals surface area contributed by atoms with Gasteiger partial charge < -0.3 is 14.2 Å². The number of carbonyl (C=O) groups is 3. The molecule has 0 N–H and O–H groups in total. The molecule has 0 bridgehead atoms. The zero-order valence-electron chi connectivity index (χ0n) is 19.4. The molecular formula is C26H26ClN3O4S. The van der Waals surface area contributed by atoms with Gasteiger partial charge in [-0.3, -0.25) is 14.4 Å². The van der Waals surface area contributed by atoms with Gasteiger partial charge in [-0.2, -0.15) is 4.99 Å². The second kappa shape index (κ2) is 11.5. The van der Waals surface area contributed by atoms with Gasteiger partial charge >= 0.3 is 5.97 Å².